The maximum absolute atomic E-state index is 12.7. The number of carbonyl (C=O) groups is 3. The van der Waals surface area contributed by atoms with Crippen LogP contribution in [0.2, 0.25) is 5.02 Å². The summed E-state index contributed by atoms with van der Waals surface area (Å²) in [4.78, 5) is 39.0. The number of hydrogen-bond donors (Lipinski definition) is 2. The van der Waals surface area contributed by atoms with Crippen molar-refractivity contribution in [3.05, 3.63) is 70.7 Å². The van der Waals surface area contributed by atoms with Crippen molar-refractivity contribution in [1.29, 1.82) is 0 Å². The smallest absolute Gasteiger partial charge is 0.253 e. The third-order valence-corrected chi connectivity index (χ3v) is 5.24. The van der Waals surface area contributed by atoms with Gasteiger partial charge in [0.15, 0.2) is 0 Å². The fourth-order valence-corrected chi connectivity index (χ4v) is 3.55. The van der Waals surface area contributed by atoms with E-state index in [4.69, 9.17) is 11.6 Å². The standard InChI is InChI=1S/C22H24ClN3O3/c23-18-11-5-4-10-17(18)22(29)25-19(16-8-2-1-3-9-16)14-20(27)24-15-21(28)26-12-6-7-13-26/h1-5,8-11,19H,6-7,12-15H2,(H,24,27)(H,25,29). The van der Waals surface area contributed by atoms with E-state index in [2.05, 4.69) is 10.6 Å². The summed E-state index contributed by atoms with van der Waals surface area (Å²) in [5.74, 6) is -0.733. The van der Waals surface area contributed by atoms with Crippen LogP contribution in [0.15, 0.2) is 54.6 Å². The predicted molar refractivity (Wildman–Crippen MR) is 112 cm³/mol. The second-order valence-electron chi connectivity index (χ2n) is 6.99. The minimum Gasteiger partial charge on any atom is -0.347 e. The molecule has 0 bridgehead atoms. The van der Waals surface area contributed by atoms with Gasteiger partial charge in [0.05, 0.1) is 29.6 Å². The highest BCUT2D eigenvalue weighted by Gasteiger charge is 2.22. The number of hydrogen-bond acceptors (Lipinski definition) is 3. The lowest BCUT2D eigenvalue weighted by atomic mass is 10.0. The van der Waals surface area contributed by atoms with E-state index >= 15 is 0 Å². The monoisotopic (exact) mass is 413 g/mol. The van der Waals surface area contributed by atoms with Crippen molar-refractivity contribution in [3.63, 3.8) is 0 Å². The van der Waals surface area contributed by atoms with Crippen molar-refractivity contribution in [2.45, 2.75) is 25.3 Å². The molecule has 3 amide bonds. The molecule has 0 saturated carbocycles. The van der Waals surface area contributed by atoms with Gasteiger partial charge in [0, 0.05) is 13.1 Å². The van der Waals surface area contributed by atoms with Crippen molar-refractivity contribution in [1.82, 2.24) is 15.5 Å². The van der Waals surface area contributed by atoms with Crippen molar-refractivity contribution < 1.29 is 14.4 Å². The average molecular weight is 414 g/mol. The minimum atomic E-state index is -0.540. The summed E-state index contributed by atoms with van der Waals surface area (Å²) in [7, 11) is 0. The molecule has 152 valence electrons. The van der Waals surface area contributed by atoms with Gasteiger partial charge in [0.25, 0.3) is 5.91 Å². The molecule has 0 radical (unpaired) electrons. The molecule has 0 aliphatic carbocycles. The molecule has 2 aromatic carbocycles. The van der Waals surface area contributed by atoms with Crippen molar-refractivity contribution in [3.8, 4) is 0 Å². The van der Waals surface area contributed by atoms with Crippen LogP contribution in [0.1, 0.15) is 41.2 Å². The number of nitrogens with one attached hydrogen (secondary N) is 2. The lowest BCUT2D eigenvalue weighted by Gasteiger charge is -2.20. The molecule has 1 fully saturated rings. The highest BCUT2D eigenvalue weighted by atomic mass is 35.5. The Morgan fingerprint density at radius 2 is 1.62 bits per heavy atom. The van der Waals surface area contributed by atoms with Gasteiger partial charge >= 0.3 is 0 Å². The van der Waals surface area contributed by atoms with Gasteiger partial charge in [-0.25, -0.2) is 0 Å². The topological polar surface area (TPSA) is 78.5 Å². The van der Waals surface area contributed by atoms with E-state index in [9.17, 15) is 14.4 Å². The molecule has 6 nitrogen and oxygen atoms in total. The van der Waals surface area contributed by atoms with Crippen LogP contribution in [0, 0.1) is 0 Å². The van der Waals surface area contributed by atoms with E-state index in [0.29, 0.717) is 10.6 Å². The van der Waals surface area contributed by atoms with Crippen LogP contribution < -0.4 is 10.6 Å². The van der Waals surface area contributed by atoms with Crippen LogP contribution in [0.4, 0.5) is 0 Å². The molecule has 1 aliphatic rings. The average Bonchev–Trinajstić information content (AvgIpc) is 3.27. The van der Waals surface area contributed by atoms with E-state index < -0.39 is 6.04 Å². The maximum atomic E-state index is 12.7. The molecule has 7 heteroatoms. The third kappa shape index (κ3) is 5.81. The minimum absolute atomic E-state index is 0.0213. The molecule has 29 heavy (non-hydrogen) atoms. The zero-order valence-corrected chi connectivity index (χ0v) is 16.8. The first kappa shape index (κ1) is 20.9. The van der Waals surface area contributed by atoms with Crippen LogP contribution >= 0.6 is 11.6 Å². The molecule has 1 aliphatic heterocycles. The van der Waals surface area contributed by atoms with Gasteiger partial charge in [-0.1, -0.05) is 54.1 Å². The summed E-state index contributed by atoms with van der Waals surface area (Å²) in [5.41, 5.74) is 1.15. The number of likely N-dealkylation sites (tertiary alicyclic amines) is 1. The van der Waals surface area contributed by atoms with E-state index in [1.165, 1.54) is 0 Å². The maximum Gasteiger partial charge on any atom is 0.253 e. The Kier molecular flexibility index (Phi) is 7.25. The number of rotatable bonds is 7. The Balaban J connectivity index is 1.64. The SMILES string of the molecule is O=C(CC(NC(=O)c1ccccc1Cl)c1ccccc1)NCC(=O)N1CCCC1. The molecule has 2 aromatic rings. The van der Waals surface area contributed by atoms with Gasteiger partial charge in [-0.05, 0) is 30.5 Å². The number of halogens is 1. The number of carbonyl (C=O) groups excluding carboxylic acids is 3. The lowest BCUT2D eigenvalue weighted by Crippen LogP contribution is -2.40. The van der Waals surface area contributed by atoms with Gasteiger partial charge in [0.2, 0.25) is 11.8 Å². The lowest BCUT2D eigenvalue weighted by molar-refractivity contribution is -0.132. The molecular formula is C22H24ClN3O3. The largest absolute Gasteiger partial charge is 0.347 e. The van der Waals surface area contributed by atoms with Gasteiger partial charge < -0.3 is 15.5 Å². The predicted octanol–water partition coefficient (Wildman–Crippen LogP) is 2.94. The van der Waals surface area contributed by atoms with Crippen LogP contribution in [-0.4, -0.2) is 42.3 Å². The Labute approximate surface area is 175 Å². The summed E-state index contributed by atoms with van der Waals surface area (Å²) < 4.78 is 0. The molecule has 1 unspecified atom stereocenters. The van der Waals surface area contributed by atoms with E-state index in [-0.39, 0.29) is 30.7 Å². The summed E-state index contributed by atoms with van der Waals surface area (Å²) in [6.45, 7) is 1.46. The highest BCUT2D eigenvalue weighted by molar-refractivity contribution is 6.33. The summed E-state index contributed by atoms with van der Waals surface area (Å²) in [6, 6.07) is 15.5. The van der Waals surface area contributed by atoms with Crippen LogP contribution in [0.25, 0.3) is 0 Å². The Morgan fingerprint density at radius 1 is 0.966 bits per heavy atom. The Hall–Kier alpha value is -2.86. The summed E-state index contributed by atoms with van der Waals surface area (Å²) >= 11 is 6.12. The van der Waals surface area contributed by atoms with Crippen LogP contribution in [-0.2, 0) is 9.59 Å². The molecule has 2 N–H and O–H groups in total. The normalized spacial score (nSPS) is 14.3. The summed E-state index contributed by atoms with van der Waals surface area (Å²) in [6.07, 6.45) is 2.03. The number of nitrogens with zero attached hydrogens (tertiary/aromatic N) is 1. The molecule has 0 aromatic heterocycles. The molecule has 1 heterocycles. The third-order valence-electron chi connectivity index (χ3n) is 4.91. The van der Waals surface area contributed by atoms with Gasteiger partial charge in [-0.2, -0.15) is 0 Å². The first-order chi connectivity index (χ1) is 14.0. The van der Waals surface area contributed by atoms with Crippen molar-refractivity contribution in [2.75, 3.05) is 19.6 Å². The van der Waals surface area contributed by atoms with E-state index in [1.54, 1.807) is 29.2 Å². The number of amides is 3. The van der Waals surface area contributed by atoms with Crippen molar-refractivity contribution >= 4 is 29.3 Å². The highest BCUT2D eigenvalue weighted by Crippen LogP contribution is 2.20. The second kappa shape index (κ2) is 10.1. The molecular weight excluding hydrogens is 390 g/mol. The summed E-state index contributed by atoms with van der Waals surface area (Å²) in [5, 5.41) is 5.91. The molecule has 0 spiro atoms. The van der Waals surface area contributed by atoms with Crippen LogP contribution in [0.3, 0.4) is 0 Å². The van der Waals surface area contributed by atoms with E-state index in [1.807, 2.05) is 30.3 Å². The van der Waals surface area contributed by atoms with Gasteiger partial charge in [-0.3, -0.25) is 14.4 Å². The zero-order chi connectivity index (χ0) is 20.6. The quantitative estimate of drug-likeness (QED) is 0.732. The Bertz CT molecular complexity index is 867. The first-order valence-corrected chi connectivity index (χ1v) is 10.1. The van der Waals surface area contributed by atoms with E-state index in [0.717, 1.165) is 31.5 Å². The molecule has 3 rings (SSSR count). The van der Waals surface area contributed by atoms with Gasteiger partial charge in [0.1, 0.15) is 0 Å². The fraction of sp³-hybridized carbons (Fsp3) is 0.318. The zero-order valence-electron chi connectivity index (χ0n) is 16.1. The molecule has 1 atom stereocenters. The Morgan fingerprint density at radius 3 is 2.31 bits per heavy atom. The second-order valence-corrected chi connectivity index (χ2v) is 7.39. The first-order valence-electron chi connectivity index (χ1n) is 9.69. The molecule has 1 saturated heterocycles. The number of benzene rings is 2. The van der Waals surface area contributed by atoms with Crippen molar-refractivity contribution in [2.24, 2.45) is 0 Å². The fourth-order valence-electron chi connectivity index (χ4n) is 3.33. The van der Waals surface area contributed by atoms with Crippen LogP contribution in [0.5, 0.6) is 0 Å². The van der Waals surface area contributed by atoms with Gasteiger partial charge in [-0.15, -0.1) is 0 Å².